The third-order valence-corrected chi connectivity index (χ3v) is 5.36. The number of imidazole rings is 1. The molecule has 2 fully saturated rings. The fraction of sp³-hybridized carbons (Fsp3) is 0.444. The van der Waals surface area contributed by atoms with Crippen molar-refractivity contribution in [2.45, 2.75) is 19.4 Å². The number of pyridine rings is 1. The average Bonchev–Trinajstić information content (AvgIpc) is 3.13. The molecule has 134 valence electrons. The number of piperidine rings is 1. The van der Waals surface area contributed by atoms with Crippen molar-refractivity contribution >= 4 is 17.5 Å². The molecule has 2 saturated heterocycles. The van der Waals surface area contributed by atoms with Gasteiger partial charge >= 0.3 is 0 Å². The molecule has 5 heterocycles. The summed E-state index contributed by atoms with van der Waals surface area (Å²) >= 11 is 0. The minimum atomic E-state index is 0.415. The Labute approximate surface area is 151 Å². The molecule has 0 atom stereocenters. The zero-order valence-electron chi connectivity index (χ0n) is 14.6. The molecule has 2 N–H and O–H groups in total. The summed E-state index contributed by atoms with van der Waals surface area (Å²) in [4.78, 5) is 19.7. The first-order valence-electron chi connectivity index (χ1n) is 9.10. The fourth-order valence-electron chi connectivity index (χ4n) is 3.98. The SMILES string of the molecule is c1nc(NCc2ccc3nccn3c2)nc(N2CC3(CCCNC3)C2)n1. The van der Waals surface area contributed by atoms with Crippen molar-refractivity contribution in [3.05, 3.63) is 42.6 Å². The van der Waals surface area contributed by atoms with Crippen LogP contribution in [0.3, 0.4) is 0 Å². The molecule has 0 saturated carbocycles. The highest BCUT2D eigenvalue weighted by molar-refractivity contribution is 5.42. The summed E-state index contributed by atoms with van der Waals surface area (Å²) < 4.78 is 2.01. The van der Waals surface area contributed by atoms with E-state index in [2.05, 4.69) is 47.7 Å². The third-order valence-electron chi connectivity index (χ3n) is 5.36. The average molecular weight is 350 g/mol. The highest BCUT2D eigenvalue weighted by Crippen LogP contribution is 2.37. The summed E-state index contributed by atoms with van der Waals surface area (Å²) in [5.74, 6) is 1.38. The lowest BCUT2D eigenvalue weighted by Gasteiger charge is -2.52. The molecule has 3 aromatic rings. The van der Waals surface area contributed by atoms with Gasteiger partial charge in [0.05, 0.1) is 0 Å². The maximum atomic E-state index is 4.59. The van der Waals surface area contributed by atoms with E-state index in [0.717, 1.165) is 43.3 Å². The molecular formula is C18H22N8. The summed E-state index contributed by atoms with van der Waals surface area (Å²) in [5, 5.41) is 6.81. The minimum Gasteiger partial charge on any atom is -0.350 e. The number of nitrogens with one attached hydrogen (secondary N) is 2. The van der Waals surface area contributed by atoms with Crippen LogP contribution in [0.4, 0.5) is 11.9 Å². The first kappa shape index (κ1) is 15.5. The molecule has 0 aliphatic carbocycles. The second-order valence-corrected chi connectivity index (χ2v) is 7.33. The van der Waals surface area contributed by atoms with Gasteiger partial charge in [0, 0.05) is 50.2 Å². The van der Waals surface area contributed by atoms with Gasteiger partial charge in [-0.25, -0.2) is 15.0 Å². The maximum absolute atomic E-state index is 4.59. The summed E-state index contributed by atoms with van der Waals surface area (Å²) in [6, 6.07) is 4.07. The predicted molar refractivity (Wildman–Crippen MR) is 99.1 cm³/mol. The van der Waals surface area contributed by atoms with Crippen LogP contribution in [-0.4, -0.2) is 50.5 Å². The first-order chi connectivity index (χ1) is 12.8. The Morgan fingerprint density at radius 2 is 2.15 bits per heavy atom. The highest BCUT2D eigenvalue weighted by atomic mass is 15.3. The Balaban J connectivity index is 1.24. The lowest BCUT2D eigenvalue weighted by molar-refractivity contribution is 0.155. The van der Waals surface area contributed by atoms with E-state index in [1.807, 2.05) is 16.7 Å². The Kier molecular flexibility index (Phi) is 3.70. The number of fused-ring (bicyclic) bond motifs is 1. The van der Waals surface area contributed by atoms with Crippen molar-refractivity contribution in [1.82, 2.24) is 29.7 Å². The van der Waals surface area contributed by atoms with Gasteiger partial charge in [-0.1, -0.05) is 6.07 Å². The molecule has 0 radical (unpaired) electrons. The van der Waals surface area contributed by atoms with Gasteiger partial charge in [-0.2, -0.15) is 4.98 Å². The van der Waals surface area contributed by atoms with Crippen LogP contribution in [0, 0.1) is 5.41 Å². The van der Waals surface area contributed by atoms with E-state index in [0.29, 0.717) is 17.9 Å². The van der Waals surface area contributed by atoms with E-state index in [-0.39, 0.29) is 0 Å². The summed E-state index contributed by atoms with van der Waals surface area (Å²) in [6.07, 6.45) is 9.95. The molecule has 0 aromatic carbocycles. The molecule has 8 heteroatoms. The van der Waals surface area contributed by atoms with Gasteiger partial charge in [-0.15, -0.1) is 0 Å². The smallest absolute Gasteiger partial charge is 0.230 e. The van der Waals surface area contributed by atoms with Crippen molar-refractivity contribution in [2.75, 3.05) is 36.4 Å². The van der Waals surface area contributed by atoms with Crippen molar-refractivity contribution in [1.29, 1.82) is 0 Å². The summed E-state index contributed by atoms with van der Waals surface area (Å²) in [6.45, 7) is 4.97. The maximum Gasteiger partial charge on any atom is 0.230 e. The Bertz CT molecular complexity index is 906. The lowest BCUT2D eigenvalue weighted by Crippen LogP contribution is -2.62. The summed E-state index contributed by atoms with van der Waals surface area (Å²) in [5.41, 5.74) is 2.51. The van der Waals surface area contributed by atoms with E-state index in [4.69, 9.17) is 0 Å². The normalized spacial score (nSPS) is 18.8. The minimum absolute atomic E-state index is 0.415. The van der Waals surface area contributed by atoms with Crippen LogP contribution in [0.2, 0.25) is 0 Å². The second-order valence-electron chi connectivity index (χ2n) is 7.33. The van der Waals surface area contributed by atoms with E-state index < -0.39 is 0 Å². The molecule has 2 aliphatic heterocycles. The third kappa shape index (κ3) is 2.86. The van der Waals surface area contributed by atoms with Gasteiger partial charge in [-0.3, -0.25) is 0 Å². The zero-order valence-corrected chi connectivity index (χ0v) is 14.6. The molecule has 26 heavy (non-hydrogen) atoms. The molecule has 0 amide bonds. The van der Waals surface area contributed by atoms with Crippen LogP contribution in [0.25, 0.3) is 5.65 Å². The van der Waals surface area contributed by atoms with E-state index in [1.165, 1.54) is 12.8 Å². The van der Waals surface area contributed by atoms with E-state index >= 15 is 0 Å². The van der Waals surface area contributed by atoms with Crippen molar-refractivity contribution < 1.29 is 0 Å². The van der Waals surface area contributed by atoms with Gasteiger partial charge in [0.2, 0.25) is 11.9 Å². The lowest BCUT2D eigenvalue weighted by atomic mass is 9.74. The standard InChI is InChI=1S/C18H22N8/c1-4-18(10-19-5-1)11-26(12-18)17-23-13-22-16(24-17)21-8-14-2-3-15-20-6-7-25(15)9-14/h2-3,6-7,9,13,19H,1,4-5,8,10-12H2,(H,21,22,23,24). The van der Waals surface area contributed by atoms with E-state index in [1.54, 1.807) is 12.5 Å². The van der Waals surface area contributed by atoms with Crippen molar-refractivity contribution in [3.63, 3.8) is 0 Å². The van der Waals surface area contributed by atoms with Crippen LogP contribution < -0.4 is 15.5 Å². The molecule has 5 rings (SSSR count). The molecule has 0 unspecified atom stereocenters. The number of nitrogens with zero attached hydrogens (tertiary/aromatic N) is 6. The van der Waals surface area contributed by atoms with Crippen molar-refractivity contribution in [2.24, 2.45) is 5.41 Å². The van der Waals surface area contributed by atoms with Gasteiger partial charge in [-0.05, 0) is 31.0 Å². The van der Waals surface area contributed by atoms with Crippen LogP contribution in [0.15, 0.2) is 37.1 Å². The Morgan fingerprint density at radius 3 is 3.04 bits per heavy atom. The second kappa shape index (κ2) is 6.21. The molecular weight excluding hydrogens is 328 g/mol. The number of anilines is 2. The summed E-state index contributed by atoms with van der Waals surface area (Å²) in [7, 11) is 0. The molecule has 0 bridgehead atoms. The van der Waals surface area contributed by atoms with Gasteiger partial charge in [0.1, 0.15) is 12.0 Å². The quantitative estimate of drug-likeness (QED) is 0.734. The highest BCUT2D eigenvalue weighted by Gasteiger charge is 2.44. The van der Waals surface area contributed by atoms with Gasteiger partial charge < -0.3 is 19.9 Å². The van der Waals surface area contributed by atoms with Crippen LogP contribution in [0.5, 0.6) is 0 Å². The van der Waals surface area contributed by atoms with Crippen LogP contribution in [-0.2, 0) is 6.54 Å². The van der Waals surface area contributed by atoms with Gasteiger partial charge in [0.15, 0.2) is 0 Å². The first-order valence-corrected chi connectivity index (χ1v) is 9.10. The predicted octanol–water partition coefficient (Wildman–Crippen LogP) is 1.32. The largest absolute Gasteiger partial charge is 0.350 e. The fourth-order valence-corrected chi connectivity index (χ4v) is 3.98. The number of hydrogen-bond acceptors (Lipinski definition) is 7. The van der Waals surface area contributed by atoms with E-state index in [9.17, 15) is 0 Å². The van der Waals surface area contributed by atoms with Gasteiger partial charge in [0.25, 0.3) is 0 Å². The molecule has 8 nitrogen and oxygen atoms in total. The Morgan fingerprint density at radius 1 is 1.19 bits per heavy atom. The number of hydrogen-bond donors (Lipinski definition) is 2. The molecule has 2 aliphatic rings. The monoisotopic (exact) mass is 350 g/mol. The molecule has 1 spiro atoms. The Hall–Kier alpha value is -2.74. The van der Waals surface area contributed by atoms with Crippen molar-refractivity contribution in [3.8, 4) is 0 Å². The number of aromatic nitrogens is 5. The molecule has 3 aromatic heterocycles. The zero-order chi connectivity index (χ0) is 17.4. The number of rotatable bonds is 4. The van der Waals surface area contributed by atoms with Crippen LogP contribution >= 0.6 is 0 Å². The van der Waals surface area contributed by atoms with Crippen LogP contribution in [0.1, 0.15) is 18.4 Å². The topological polar surface area (TPSA) is 83.3 Å².